The number of aryl methyl sites for hydroxylation is 1. The molecule has 3 aliphatic rings. The van der Waals surface area contributed by atoms with Crippen molar-refractivity contribution in [2.24, 2.45) is 11.8 Å². The number of fused-ring (bicyclic) bond motifs is 5. The van der Waals surface area contributed by atoms with Crippen LogP contribution in [0.15, 0.2) is 24.3 Å². The van der Waals surface area contributed by atoms with Crippen LogP contribution in [0.2, 0.25) is 0 Å². The number of benzene rings is 1. The molecule has 34 heavy (non-hydrogen) atoms. The summed E-state index contributed by atoms with van der Waals surface area (Å²) < 4.78 is 15.6. The van der Waals surface area contributed by atoms with Gasteiger partial charge in [0.2, 0.25) is 5.91 Å². The van der Waals surface area contributed by atoms with E-state index in [1.54, 1.807) is 49.9 Å². The van der Waals surface area contributed by atoms with Crippen LogP contribution in [0.1, 0.15) is 44.5 Å². The summed E-state index contributed by atoms with van der Waals surface area (Å²) in [6.07, 6.45) is 0.287. The molecule has 1 N–H and O–H groups in total. The van der Waals surface area contributed by atoms with Crippen molar-refractivity contribution in [1.82, 2.24) is 9.88 Å². The van der Waals surface area contributed by atoms with Gasteiger partial charge in [-0.25, -0.2) is 14.6 Å². The summed E-state index contributed by atoms with van der Waals surface area (Å²) in [4.78, 5) is 43.7. The van der Waals surface area contributed by atoms with Crippen molar-refractivity contribution in [3.8, 4) is 5.75 Å². The van der Waals surface area contributed by atoms with E-state index < -0.39 is 35.7 Å². The number of ether oxygens (including phenoxy) is 3. The molecule has 2 unspecified atom stereocenters. The molecule has 0 bridgehead atoms. The van der Waals surface area contributed by atoms with E-state index in [9.17, 15) is 19.5 Å². The molecule has 1 saturated heterocycles. The number of hydrogen-bond acceptors (Lipinski definition) is 8. The third-order valence-electron chi connectivity index (χ3n) is 6.38. The number of hydrogen-bond donors (Lipinski definition) is 1. The van der Waals surface area contributed by atoms with E-state index in [1.165, 1.54) is 0 Å². The van der Waals surface area contributed by atoms with Gasteiger partial charge >= 0.3 is 12.1 Å². The fraction of sp³-hybridized carbons (Fsp3) is 0.440. The average Bonchev–Trinajstić information content (AvgIpc) is 3.12. The average molecular weight is 466 g/mol. The van der Waals surface area contributed by atoms with E-state index in [4.69, 9.17) is 19.2 Å². The minimum atomic E-state index is -1.37. The summed E-state index contributed by atoms with van der Waals surface area (Å²) in [6, 6.07) is 5.17. The van der Waals surface area contributed by atoms with Gasteiger partial charge in [0.1, 0.15) is 18.0 Å². The highest BCUT2D eigenvalue weighted by Gasteiger charge is 2.49. The molecule has 1 amide bonds. The number of carbonyl (C=O) groups is 3. The van der Waals surface area contributed by atoms with Gasteiger partial charge in [0.15, 0.2) is 6.10 Å². The molecular formula is C25H26N2O7. The van der Waals surface area contributed by atoms with E-state index >= 15 is 0 Å². The van der Waals surface area contributed by atoms with Crippen molar-refractivity contribution in [1.29, 1.82) is 0 Å². The maximum Gasteiger partial charge on any atom is 0.514 e. The van der Waals surface area contributed by atoms with Gasteiger partial charge in [-0.05, 0) is 51.0 Å². The zero-order valence-electron chi connectivity index (χ0n) is 19.5. The van der Waals surface area contributed by atoms with Crippen LogP contribution in [0.3, 0.4) is 0 Å². The molecule has 5 rings (SSSR count). The van der Waals surface area contributed by atoms with Gasteiger partial charge in [0.25, 0.3) is 0 Å². The van der Waals surface area contributed by atoms with Gasteiger partial charge in [0.05, 0.1) is 29.4 Å². The number of rotatable bonds is 2. The molecule has 9 nitrogen and oxygen atoms in total. The van der Waals surface area contributed by atoms with Crippen LogP contribution in [0.5, 0.6) is 5.75 Å². The number of aliphatic hydroxyl groups is 1. The zero-order chi connectivity index (χ0) is 24.4. The first-order valence-corrected chi connectivity index (χ1v) is 11.3. The third-order valence-corrected chi connectivity index (χ3v) is 6.38. The van der Waals surface area contributed by atoms with E-state index in [-0.39, 0.29) is 12.5 Å². The molecule has 3 atom stereocenters. The lowest BCUT2D eigenvalue weighted by Gasteiger charge is -2.38. The van der Waals surface area contributed by atoms with Crippen LogP contribution >= 0.6 is 0 Å². The van der Waals surface area contributed by atoms with Crippen LogP contribution in [-0.4, -0.2) is 51.3 Å². The lowest BCUT2D eigenvalue weighted by atomic mass is 9.81. The molecule has 1 aromatic heterocycles. The Balaban J connectivity index is 1.55. The molecule has 0 spiro atoms. The molecule has 0 aliphatic carbocycles. The summed E-state index contributed by atoms with van der Waals surface area (Å²) in [5.41, 5.74) is 3.20. The topological polar surface area (TPSA) is 115 Å². The van der Waals surface area contributed by atoms with Crippen molar-refractivity contribution >= 4 is 34.6 Å². The molecule has 4 heterocycles. The van der Waals surface area contributed by atoms with E-state index in [1.807, 2.05) is 6.92 Å². The molecule has 3 aliphatic heterocycles. The summed E-state index contributed by atoms with van der Waals surface area (Å²) >= 11 is 0. The van der Waals surface area contributed by atoms with Crippen molar-refractivity contribution in [3.63, 3.8) is 0 Å². The maximum atomic E-state index is 13.2. The standard InChI is InChI=1S/C25H26N2O7/c1-5-13-14-8-12(33-24(31)34-25(2,3)4)6-7-18(14)26-20-16(13)10-27-19(20)9-15-17(22(27)29)11-32-23(30)21(15)28/h6-9,15,17,21,28H,5,10-11H2,1-4H3/t15?,17?,21-/m0/s1. The van der Waals surface area contributed by atoms with Crippen molar-refractivity contribution in [3.05, 3.63) is 41.1 Å². The summed E-state index contributed by atoms with van der Waals surface area (Å²) in [6.45, 7) is 7.60. The smallest absolute Gasteiger partial charge is 0.463 e. The number of nitrogens with zero attached hydrogens (tertiary/aromatic N) is 2. The SMILES string of the molecule is CCc1c2c(nc3ccc(OC(=O)OC(C)(C)C)cc13)C1=CC3C(COC(=O)[C@H]3O)C(=O)N1C2. The number of carbonyl (C=O) groups excluding carboxylic acids is 3. The first kappa shape index (κ1) is 22.3. The second kappa shape index (κ2) is 7.80. The zero-order valence-corrected chi connectivity index (χ0v) is 19.5. The first-order chi connectivity index (χ1) is 16.1. The Labute approximate surface area is 196 Å². The minimum absolute atomic E-state index is 0.0442. The largest absolute Gasteiger partial charge is 0.514 e. The summed E-state index contributed by atoms with van der Waals surface area (Å²) in [5.74, 6) is -1.81. The highest BCUT2D eigenvalue weighted by atomic mass is 16.7. The van der Waals surface area contributed by atoms with Crippen LogP contribution in [0.25, 0.3) is 16.6 Å². The van der Waals surface area contributed by atoms with Crippen molar-refractivity contribution in [2.45, 2.75) is 52.4 Å². The monoisotopic (exact) mass is 466 g/mol. The second-order valence-electron chi connectivity index (χ2n) is 9.75. The Morgan fingerprint density at radius 1 is 1.29 bits per heavy atom. The number of cyclic esters (lactones) is 1. The Bertz CT molecular complexity index is 1260. The molecule has 2 aromatic rings. The van der Waals surface area contributed by atoms with Gasteiger partial charge in [-0.15, -0.1) is 0 Å². The lowest BCUT2D eigenvalue weighted by molar-refractivity contribution is -0.171. The van der Waals surface area contributed by atoms with Crippen molar-refractivity contribution in [2.75, 3.05) is 6.61 Å². The predicted molar refractivity (Wildman–Crippen MR) is 120 cm³/mol. The van der Waals surface area contributed by atoms with Gasteiger partial charge in [0, 0.05) is 16.9 Å². The van der Waals surface area contributed by atoms with Crippen molar-refractivity contribution < 1.29 is 33.7 Å². The maximum absolute atomic E-state index is 13.2. The molecule has 178 valence electrons. The Morgan fingerprint density at radius 3 is 2.76 bits per heavy atom. The number of esters is 1. The lowest BCUT2D eigenvalue weighted by Crippen LogP contribution is -2.51. The van der Waals surface area contributed by atoms with E-state index in [0.717, 1.165) is 16.5 Å². The Hall–Kier alpha value is -3.46. The molecule has 9 heteroatoms. The van der Waals surface area contributed by atoms with Crippen LogP contribution in [0, 0.1) is 11.8 Å². The van der Waals surface area contributed by atoms with E-state index in [0.29, 0.717) is 35.6 Å². The Morgan fingerprint density at radius 2 is 2.06 bits per heavy atom. The fourth-order valence-electron chi connectivity index (χ4n) is 4.87. The number of aliphatic hydroxyl groups excluding tert-OH is 1. The van der Waals surface area contributed by atoms with Crippen LogP contribution in [-0.2, 0) is 32.0 Å². The Kier molecular flexibility index (Phi) is 5.12. The first-order valence-electron chi connectivity index (χ1n) is 11.3. The number of amides is 1. The second-order valence-corrected chi connectivity index (χ2v) is 9.75. The highest BCUT2D eigenvalue weighted by Crippen LogP contribution is 2.44. The third kappa shape index (κ3) is 3.60. The van der Waals surface area contributed by atoms with Gasteiger partial charge < -0.3 is 24.2 Å². The number of aromatic nitrogens is 1. The predicted octanol–water partition coefficient (Wildman–Crippen LogP) is 2.96. The summed E-state index contributed by atoms with van der Waals surface area (Å²) in [5, 5.41) is 11.2. The fourth-order valence-corrected chi connectivity index (χ4v) is 4.87. The normalized spacial score (nSPS) is 23.6. The highest BCUT2D eigenvalue weighted by molar-refractivity contribution is 5.97. The molecule has 1 aromatic carbocycles. The quantitative estimate of drug-likeness (QED) is 0.531. The number of pyridine rings is 1. The van der Waals surface area contributed by atoms with Gasteiger partial charge in [-0.2, -0.15) is 0 Å². The van der Waals surface area contributed by atoms with Crippen LogP contribution in [0.4, 0.5) is 4.79 Å². The van der Waals surface area contributed by atoms with Gasteiger partial charge in [-0.3, -0.25) is 4.79 Å². The van der Waals surface area contributed by atoms with E-state index in [2.05, 4.69) is 0 Å². The molecule has 0 saturated carbocycles. The molecule has 0 radical (unpaired) electrons. The minimum Gasteiger partial charge on any atom is -0.463 e. The molecular weight excluding hydrogens is 440 g/mol. The molecule has 1 fully saturated rings. The summed E-state index contributed by atoms with van der Waals surface area (Å²) in [7, 11) is 0. The van der Waals surface area contributed by atoms with Crippen LogP contribution < -0.4 is 4.74 Å². The van der Waals surface area contributed by atoms with Gasteiger partial charge in [-0.1, -0.05) is 13.0 Å².